The third-order valence-electron chi connectivity index (χ3n) is 2.25. The van der Waals surface area contributed by atoms with Crippen LogP contribution in [0.2, 0.25) is 31.2 Å². The summed E-state index contributed by atoms with van der Waals surface area (Å²) in [5.74, 6) is 0. The van der Waals surface area contributed by atoms with E-state index in [1.165, 1.54) is 18.1 Å². The summed E-state index contributed by atoms with van der Waals surface area (Å²) in [6, 6.07) is 3.86. The van der Waals surface area contributed by atoms with Crippen molar-refractivity contribution in [3.8, 4) is 0 Å². The van der Waals surface area contributed by atoms with Crippen molar-refractivity contribution in [3.63, 3.8) is 0 Å². The van der Waals surface area contributed by atoms with Gasteiger partial charge >= 0.3 is 0 Å². The van der Waals surface area contributed by atoms with E-state index in [2.05, 4.69) is 33.9 Å². The van der Waals surface area contributed by atoms with Crippen LogP contribution in [0.4, 0.5) is 0 Å². The van der Waals surface area contributed by atoms with Gasteiger partial charge in [0.1, 0.15) is 0 Å². The highest BCUT2D eigenvalue weighted by Crippen LogP contribution is 2.14. The molecule has 0 saturated heterocycles. The molecule has 0 radical (unpaired) electrons. The van der Waals surface area contributed by atoms with Gasteiger partial charge < -0.3 is 4.12 Å². The molecule has 0 spiro atoms. The molecule has 11 heavy (non-hydrogen) atoms. The minimum absolute atomic E-state index is 0.773. The Morgan fingerprint density at radius 2 is 1.55 bits per heavy atom. The van der Waals surface area contributed by atoms with Gasteiger partial charge in [-0.25, -0.2) is 0 Å². The molecule has 0 aliphatic carbocycles. The van der Waals surface area contributed by atoms with E-state index in [1.807, 2.05) is 0 Å². The predicted molar refractivity (Wildman–Crippen MR) is 57.2 cm³/mol. The molecule has 0 amide bonds. The summed E-state index contributed by atoms with van der Waals surface area (Å²) in [4.78, 5) is 0. The van der Waals surface area contributed by atoms with Crippen molar-refractivity contribution < 1.29 is 4.12 Å². The zero-order valence-electron chi connectivity index (χ0n) is 8.61. The highest BCUT2D eigenvalue weighted by molar-refractivity contribution is 6.78. The molecule has 0 heterocycles. The molecular formula is C8H22OSi2. The molecule has 68 valence electrons. The second kappa shape index (κ2) is 5.11. The van der Waals surface area contributed by atoms with Gasteiger partial charge in [0.05, 0.1) is 0 Å². The van der Waals surface area contributed by atoms with Gasteiger partial charge in [0.15, 0.2) is 17.4 Å². The number of rotatable bonds is 5. The van der Waals surface area contributed by atoms with Crippen LogP contribution in [0.25, 0.3) is 0 Å². The second-order valence-corrected chi connectivity index (χ2v) is 11.7. The van der Waals surface area contributed by atoms with Crippen LogP contribution in [-0.2, 0) is 4.12 Å². The quantitative estimate of drug-likeness (QED) is 0.606. The molecule has 0 aliphatic heterocycles. The molecule has 0 bridgehead atoms. The summed E-state index contributed by atoms with van der Waals surface area (Å²) in [7, 11) is -1.99. The van der Waals surface area contributed by atoms with Gasteiger partial charge in [0, 0.05) is 0 Å². The summed E-state index contributed by atoms with van der Waals surface area (Å²) in [5, 5.41) is 0. The van der Waals surface area contributed by atoms with Crippen molar-refractivity contribution in [2.45, 2.75) is 52.0 Å². The summed E-state index contributed by atoms with van der Waals surface area (Å²) in [6.07, 6.45) is 0. The van der Waals surface area contributed by atoms with Gasteiger partial charge in [-0.3, -0.25) is 0 Å². The first kappa shape index (κ1) is 11.4. The lowest BCUT2D eigenvalue weighted by atomic mass is 11.0. The molecule has 1 nitrogen and oxygen atoms in total. The Kier molecular flexibility index (Phi) is 5.30. The SMILES string of the molecule is CC[SiH](CC)O[Si](C)(C)CC. The largest absolute Gasteiger partial charge is 0.458 e. The monoisotopic (exact) mass is 190 g/mol. The van der Waals surface area contributed by atoms with Crippen LogP contribution in [0, 0.1) is 0 Å². The first-order valence-corrected chi connectivity index (χ1v) is 9.95. The molecule has 0 rings (SSSR count). The molecular weight excluding hydrogens is 168 g/mol. The lowest BCUT2D eigenvalue weighted by molar-refractivity contribution is 0.559. The highest BCUT2D eigenvalue weighted by Gasteiger charge is 2.22. The Morgan fingerprint density at radius 1 is 1.09 bits per heavy atom. The standard InChI is InChI=1S/C8H22OSi2/c1-6-10(7-2)9-11(4,5)8-3/h10H,6-8H2,1-5H3. The van der Waals surface area contributed by atoms with Crippen molar-refractivity contribution in [2.24, 2.45) is 0 Å². The Bertz CT molecular complexity index is 100. The van der Waals surface area contributed by atoms with E-state index in [1.54, 1.807) is 0 Å². The van der Waals surface area contributed by atoms with Crippen LogP contribution in [0.3, 0.4) is 0 Å². The fraction of sp³-hybridized carbons (Fsp3) is 1.00. The van der Waals surface area contributed by atoms with E-state index in [-0.39, 0.29) is 0 Å². The molecule has 0 unspecified atom stereocenters. The van der Waals surface area contributed by atoms with Crippen LogP contribution in [0.15, 0.2) is 0 Å². The predicted octanol–water partition coefficient (Wildman–Crippen LogP) is 2.99. The fourth-order valence-corrected chi connectivity index (χ4v) is 7.18. The van der Waals surface area contributed by atoms with E-state index in [0.717, 1.165) is 0 Å². The van der Waals surface area contributed by atoms with Gasteiger partial charge in [-0.05, 0) is 31.2 Å². The van der Waals surface area contributed by atoms with Crippen LogP contribution in [0.1, 0.15) is 20.8 Å². The first-order valence-electron chi connectivity index (χ1n) is 4.73. The van der Waals surface area contributed by atoms with Crippen LogP contribution in [0.5, 0.6) is 0 Å². The fourth-order valence-electron chi connectivity index (χ4n) is 0.990. The van der Waals surface area contributed by atoms with E-state index in [4.69, 9.17) is 4.12 Å². The Balaban J connectivity index is 3.79. The minimum atomic E-state index is -1.22. The molecule has 0 saturated carbocycles. The molecule has 0 aromatic carbocycles. The summed E-state index contributed by atoms with van der Waals surface area (Å²) >= 11 is 0. The van der Waals surface area contributed by atoms with Crippen molar-refractivity contribution in [2.75, 3.05) is 0 Å². The molecule has 0 atom stereocenters. The van der Waals surface area contributed by atoms with E-state index < -0.39 is 17.4 Å². The molecule has 0 aromatic rings. The van der Waals surface area contributed by atoms with E-state index >= 15 is 0 Å². The minimum Gasteiger partial charge on any atom is -0.458 e. The molecule has 0 fully saturated rings. The smallest absolute Gasteiger partial charge is 0.172 e. The van der Waals surface area contributed by atoms with Gasteiger partial charge in [-0.1, -0.05) is 20.8 Å². The lowest BCUT2D eigenvalue weighted by Gasteiger charge is -2.26. The Hall–Kier alpha value is 0.394. The zero-order chi connectivity index (χ0) is 8.91. The lowest BCUT2D eigenvalue weighted by Crippen LogP contribution is -2.36. The van der Waals surface area contributed by atoms with Crippen molar-refractivity contribution >= 4 is 17.4 Å². The summed E-state index contributed by atoms with van der Waals surface area (Å²) < 4.78 is 6.16. The highest BCUT2D eigenvalue weighted by atomic mass is 28.4. The third kappa shape index (κ3) is 4.77. The van der Waals surface area contributed by atoms with Gasteiger partial charge in [0.25, 0.3) is 0 Å². The van der Waals surface area contributed by atoms with Crippen LogP contribution >= 0.6 is 0 Å². The molecule has 0 N–H and O–H groups in total. The maximum absolute atomic E-state index is 6.16. The number of hydrogen-bond donors (Lipinski definition) is 0. The van der Waals surface area contributed by atoms with Gasteiger partial charge in [0.2, 0.25) is 0 Å². The normalized spacial score (nSPS) is 12.5. The van der Waals surface area contributed by atoms with E-state index in [0.29, 0.717) is 0 Å². The Labute approximate surface area is 74.0 Å². The Morgan fingerprint density at radius 3 is 1.82 bits per heavy atom. The van der Waals surface area contributed by atoms with E-state index in [9.17, 15) is 0 Å². The first-order chi connectivity index (χ1) is 5.05. The topological polar surface area (TPSA) is 9.23 Å². The van der Waals surface area contributed by atoms with Crippen LogP contribution < -0.4 is 0 Å². The summed E-state index contributed by atoms with van der Waals surface area (Å²) in [5.41, 5.74) is 0. The molecule has 3 heteroatoms. The average molecular weight is 190 g/mol. The van der Waals surface area contributed by atoms with Gasteiger partial charge in [-0.2, -0.15) is 0 Å². The summed E-state index contributed by atoms with van der Waals surface area (Å²) in [6.45, 7) is 11.4. The second-order valence-electron chi connectivity index (χ2n) is 3.67. The maximum Gasteiger partial charge on any atom is 0.172 e. The molecule has 0 aromatic heterocycles. The number of hydrogen-bond acceptors (Lipinski definition) is 1. The van der Waals surface area contributed by atoms with Crippen LogP contribution in [-0.4, -0.2) is 17.4 Å². The van der Waals surface area contributed by atoms with Crippen molar-refractivity contribution in [1.82, 2.24) is 0 Å². The van der Waals surface area contributed by atoms with Crippen molar-refractivity contribution in [1.29, 1.82) is 0 Å². The third-order valence-corrected chi connectivity index (χ3v) is 9.66. The zero-order valence-corrected chi connectivity index (χ0v) is 10.8. The average Bonchev–Trinajstić information content (AvgIpc) is 2.00. The van der Waals surface area contributed by atoms with Crippen molar-refractivity contribution in [3.05, 3.63) is 0 Å². The maximum atomic E-state index is 6.16. The van der Waals surface area contributed by atoms with Gasteiger partial charge in [-0.15, -0.1) is 0 Å². The molecule has 0 aliphatic rings.